The normalized spacial score (nSPS) is 11.4. The van der Waals surface area contributed by atoms with Crippen molar-refractivity contribution in [3.8, 4) is 23.3 Å². The average Bonchev–Trinajstić information content (AvgIpc) is 3.15. The van der Waals surface area contributed by atoms with Gasteiger partial charge in [-0.05, 0) is 24.3 Å². The van der Waals surface area contributed by atoms with Crippen molar-refractivity contribution in [2.24, 2.45) is 0 Å². The smallest absolute Gasteiger partial charge is 0.435 e. The van der Waals surface area contributed by atoms with Gasteiger partial charge in [-0.25, -0.2) is 4.68 Å². The van der Waals surface area contributed by atoms with Crippen LogP contribution < -0.4 is 0 Å². The highest BCUT2D eigenvalue weighted by Crippen LogP contribution is 2.30. The molecule has 4 nitrogen and oxygen atoms in total. The van der Waals surface area contributed by atoms with Crippen LogP contribution in [0.4, 0.5) is 13.2 Å². The fraction of sp³-hybridized carbons (Fsp3) is 0.0667. The summed E-state index contributed by atoms with van der Waals surface area (Å²) in [7, 11) is 0. The lowest BCUT2D eigenvalue weighted by Crippen LogP contribution is -2.06. The molecule has 0 amide bonds. The molecule has 0 saturated heterocycles. The lowest BCUT2D eigenvalue weighted by Gasteiger charge is -2.01. The van der Waals surface area contributed by atoms with E-state index in [2.05, 4.69) is 5.10 Å². The minimum Gasteiger partial charge on any atom is -0.438 e. The van der Waals surface area contributed by atoms with Gasteiger partial charge < -0.3 is 4.42 Å². The molecule has 0 aliphatic rings. The molecule has 2 aromatic heterocycles. The van der Waals surface area contributed by atoms with Crippen LogP contribution in [0.15, 0.2) is 53.1 Å². The molecule has 110 valence electrons. The molecule has 0 aliphatic heterocycles. The van der Waals surface area contributed by atoms with Crippen molar-refractivity contribution in [3.05, 3.63) is 59.9 Å². The van der Waals surface area contributed by atoms with Gasteiger partial charge in [-0.2, -0.15) is 23.5 Å². The van der Waals surface area contributed by atoms with E-state index in [4.69, 9.17) is 9.68 Å². The molecule has 0 spiro atoms. The summed E-state index contributed by atoms with van der Waals surface area (Å²) in [6.07, 6.45) is -3.34. The van der Waals surface area contributed by atoms with E-state index in [0.717, 1.165) is 10.7 Å². The highest BCUT2D eigenvalue weighted by molar-refractivity contribution is 5.66. The molecule has 7 heteroatoms. The van der Waals surface area contributed by atoms with Crippen LogP contribution >= 0.6 is 0 Å². The van der Waals surface area contributed by atoms with E-state index in [1.54, 1.807) is 30.3 Å². The molecule has 3 aromatic rings. The van der Waals surface area contributed by atoms with Crippen molar-refractivity contribution in [2.45, 2.75) is 6.18 Å². The van der Waals surface area contributed by atoms with Crippen LogP contribution in [0, 0.1) is 11.3 Å². The zero-order chi connectivity index (χ0) is 15.7. The maximum absolute atomic E-state index is 12.5. The zero-order valence-corrected chi connectivity index (χ0v) is 11.0. The second kappa shape index (κ2) is 5.07. The molecule has 1 aromatic carbocycles. The number of nitriles is 1. The first-order valence-corrected chi connectivity index (χ1v) is 6.21. The Labute approximate surface area is 123 Å². The maximum atomic E-state index is 12.5. The van der Waals surface area contributed by atoms with E-state index in [-0.39, 0.29) is 5.88 Å². The first-order chi connectivity index (χ1) is 10.5. The van der Waals surface area contributed by atoms with Crippen LogP contribution in [0.25, 0.3) is 17.2 Å². The Morgan fingerprint density at radius 2 is 1.86 bits per heavy atom. The van der Waals surface area contributed by atoms with Crippen molar-refractivity contribution in [1.82, 2.24) is 9.78 Å². The number of nitrogens with zero attached hydrogens (tertiary/aromatic N) is 3. The van der Waals surface area contributed by atoms with Gasteiger partial charge in [-0.1, -0.05) is 12.1 Å². The predicted molar refractivity (Wildman–Crippen MR) is 71.0 cm³/mol. The summed E-state index contributed by atoms with van der Waals surface area (Å²) in [5.74, 6) is 0.523. The van der Waals surface area contributed by atoms with E-state index >= 15 is 0 Å². The van der Waals surface area contributed by atoms with Gasteiger partial charge in [0.1, 0.15) is 5.76 Å². The molecule has 0 atom stereocenters. The molecular weight excluding hydrogens is 295 g/mol. The third-order valence-corrected chi connectivity index (χ3v) is 3.01. The Balaban J connectivity index is 1.98. The highest BCUT2D eigenvalue weighted by atomic mass is 19.4. The highest BCUT2D eigenvalue weighted by Gasteiger charge is 2.33. The third-order valence-electron chi connectivity index (χ3n) is 3.01. The van der Waals surface area contributed by atoms with Crippen molar-refractivity contribution in [2.75, 3.05) is 0 Å². The minimum atomic E-state index is -4.51. The number of aromatic nitrogens is 2. The SMILES string of the molecule is N#Cc1ccccc1-c1ccc(-n2ccc(C(F)(F)F)n2)o1. The number of benzene rings is 1. The van der Waals surface area contributed by atoms with Crippen LogP contribution in [-0.2, 0) is 6.18 Å². The van der Waals surface area contributed by atoms with Gasteiger partial charge in [0.15, 0.2) is 5.69 Å². The van der Waals surface area contributed by atoms with Crippen molar-refractivity contribution < 1.29 is 17.6 Å². The molecule has 0 unspecified atom stereocenters. The van der Waals surface area contributed by atoms with Crippen molar-refractivity contribution in [3.63, 3.8) is 0 Å². The van der Waals surface area contributed by atoms with E-state index in [0.29, 0.717) is 16.9 Å². The van der Waals surface area contributed by atoms with Gasteiger partial charge in [-0.3, -0.25) is 0 Å². The number of halogens is 3. The lowest BCUT2D eigenvalue weighted by molar-refractivity contribution is -0.141. The topological polar surface area (TPSA) is 54.8 Å². The Bertz CT molecular complexity index is 855. The molecule has 2 heterocycles. The molecular formula is C15H8F3N3O. The number of hydrogen-bond donors (Lipinski definition) is 0. The van der Waals surface area contributed by atoms with E-state index in [1.807, 2.05) is 6.07 Å². The summed E-state index contributed by atoms with van der Waals surface area (Å²) >= 11 is 0. The summed E-state index contributed by atoms with van der Waals surface area (Å²) in [6.45, 7) is 0. The van der Waals surface area contributed by atoms with Gasteiger partial charge in [-0.15, -0.1) is 0 Å². The Hall–Kier alpha value is -3.01. The van der Waals surface area contributed by atoms with Crippen LogP contribution in [0.3, 0.4) is 0 Å². The largest absolute Gasteiger partial charge is 0.438 e. The fourth-order valence-electron chi connectivity index (χ4n) is 1.99. The molecule has 22 heavy (non-hydrogen) atoms. The van der Waals surface area contributed by atoms with Gasteiger partial charge in [0.2, 0.25) is 5.88 Å². The number of rotatable bonds is 2. The zero-order valence-electron chi connectivity index (χ0n) is 11.0. The number of hydrogen-bond acceptors (Lipinski definition) is 3. The lowest BCUT2D eigenvalue weighted by atomic mass is 10.1. The second-order valence-corrected chi connectivity index (χ2v) is 4.44. The van der Waals surface area contributed by atoms with Crippen molar-refractivity contribution >= 4 is 0 Å². The van der Waals surface area contributed by atoms with Crippen molar-refractivity contribution in [1.29, 1.82) is 5.26 Å². The van der Waals surface area contributed by atoms with Gasteiger partial charge in [0, 0.05) is 17.8 Å². The number of alkyl halides is 3. The Morgan fingerprint density at radius 1 is 1.09 bits per heavy atom. The quantitative estimate of drug-likeness (QED) is 0.718. The predicted octanol–water partition coefficient (Wildman–Crippen LogP) is 4.02. The standard InChI is InChI=1S/C15H8F3N3O/c16-15(17,18)13-7-8-21(20-13)14-6-5-12(22-14)11-4-2-1-3-10(11)9-19/h1-8H. The van der Waals surface area contributed by atoms with E-state index < -0.39 is 11.9 Å². The van der Waals surface area contributed by atoms with Crippen LogP contribution in [0.1, 0.15) is 11.3 Å². The third kappa shape index (κ3) is 2.46. The monoisotopic (exact) mass is 303 g/mol. The maximum Gasteiger partial charge on any atom is 0.435 e. The summed E-state index contributed by atoms with van der Waals surface area (Å²) in [6, 6.07) is 12.8. The average molecular weight is 303 g/mol. The summed E-state index contributed by atoms with van der Waals surface area (Å²) in [5.41, 5.74) is -0.0119. The molecule has 0 bridgehead atoms. The second-order valence-electron chi connectivity index (χ2n) is 4.44. The Morgan fingerprint density at radius 3 is 2.55 bits per heavy atom. The molecule has 0 N–H and O–H groups in total. The van der Waals surface area contributed by atoms with E-state index in [9.17, 15) is 13.2 Å². The molecule has 0 aliphatic carbocycles. The van der Waals surface area contributed by atoms with Gasteiger partial charge in [0.05, 0.1) is 11.6 Å². The molecule has 0 fully saturated rings. The van der Waals surface area contributed by atoms with Crippen LogP contribution in [0.2, 0.25) is 0 Å². The van der Waals surface area contributed by atoms with Crippen LogP contribution in [-0.4, -0.2) is 9.78 Å². The summed E-state index contributed by atoms with van der Waals surface area (Å²) in [4.78, 5) is 0. The molecule has 0 radical (unpaired) electrons. The Kier molecular flexibility index (Phi) is 3.22. The van der Waals surface area contributed by atoms with E-state index in [1.165, 1.54) is 12.3 Å². The molecule has 0 saturated carbocycles. The summed E-state index contributed by atoms with van der Waals surface area (Å²) in [5, 5.41) is 12.5. The summed E-state index contributed by atoms with van der Waals surface area (Å²) < 4.78 is 44.1. The minimum absolute atomic E-state index is 0.137. The van der Waals surface area contributed by atoms with Crippen LogP contribution in [0.5, 0.6) is 0 Å². The molecule has 3 rings (SSSR count). The van der Waals surface area contributed by atoms with Gasteiger partial charge in [0.25, 0.3) is 0 Å². The first-order valence-electron chi connectivity index (χ1n) is 6.21. The fourth-order valence-corrected chi connectivity index (χ4v) is 1.99. The number of furan rings is 1. The first kappa shape index (κ1) is 13.9. The van der Waals surface area contributed by atoms with Gasteiger partial charge >= 0.3 is 6.18 Å².